The predicted molar refractivity (Wildman–Crippen MR) is 123 cm³/mol. The van der Waals surface area contributed by atoms with Gasteiger partial charge in [-0.15, -0.1) is 10.2 Å². The zero-order chi connectivity index (χ0) is 22.8. The van der Waals surface area contributed by atoms with E-state index in [1.807, 2.05) is 24.3 Å². The molecule has 1 amide bonds. The lowest BCUT2D eigenvalue weighted by Crippen LogP contribution is -2.40. The van der Waals surface area contributed by atoms with Gasteiger partial charge in [0.15, 0.2) is 10.8 Å². The van der Waals surface area contributed by atoms with Crippen LogP contribution < -0.4 is 26.4 Å². The lowest BCUT2D eigenvalue weighted by Gasteiger charge is -2.23. The summed E-state index contributed by atoms with van der Waals surface area (Å²) in [5.41, 5.74) is 5.91. The summed E-state index contributed by atoms with van der Waals surface area (Å²) in [5.74, 6) is 0.0758. The molecular weight excluding hydrogens is 432 g/mol. The largest absolute Gasteiger partial charge is 0.494 e. The smallest absolute Gasteiger partial charge is 0.230 e. The molecule has 1 fully saturated rings. The lowest BCUT2D eigenvalue weighted by molar-refractivity contribution is -0.115. The van der Waals surface area contributed by atoms with Crippen LogP contribution in [0.3, 0.4) is 0 Å². The number of ether oxygens (including phenoxy) is 1. The van der Waals surface area contributed by atoms with Gasteiger partial charge in [-0.1, -0.05) is 28.6 Å². The molecule has 1 aromatic heterocycles. The topological polar surface area (TPSA) is 171 Å². The molecule has 12 heteroatoms. The SMILES string of the molecule is N=C(/C(N)=N\O)c1nnc(NC(=O)Cc2cccc(OCCCNC3CCNCC3)c2)s1. The first-order valence-corrected chi connectivity index (χ1v) is 11.2. The highest BCUT2D eigenvalue weighted by atomic mass is 32.1. The monoisotopic (exact) mass is 460 g/mol. The number of amides is 1. The van der Waals surface area contributed by atoms with Gasteiger partial charge in [0.2, 0.25) is 11.0 Å². The number of nitrogens with two attached hydrogens (primary N) is 1. The lowest BCUT2D eigenvalue weighted by atomic mass is 10.1. The van der Waals surface area contributed by atoms with Gasteiger partial charge in [-0.25, -0.2) is 0 Å². The van der Waals surface area contributed by atoms with Gasteiger partial charge in [0.05, 0.1) is 13.0 Å². The Morgan fingerprint density at radius 2 is 2.19 bits per heavy atom. The molecule has 11 nitrogen and oxygen atoms in total. The molecule has 0 saturated carbocycles. The fourth-order valence-corrected chi connectivity index (χ4v) is 3.94. The molecule has 32 heavy (non-hydrogen) atoms. The zero-order valence-electron chi connectivity index (χ0n) is 17.6. The summed E-state index contributed by atoms with van der Waals surface area (Å²) < 4.78 is 5.83. The molecule has 1 aliphatic rings. The van der Waals surface area contributed by atoms with Crippen LogP contribution in [0.5, 0.6) is 5.75 Å². The molecule has 0 aliphatic carbocycles. The summed E-state index contributed by atoms with van der Waals surface area (Å²) in [4.78, 5) is 12.3. The Labute approximate surface area is 190 Å². The van der Waals surface area contributed by atoms with Crippen LogP contribution in [0.4, 0.5) is 5.13 Å². The average Bonchev–Trinajstić information content (AvgIpc) is 3.27. The van der Waals surface area contributed by atoms with Gasteiger partial charge < -0.3 is 31.6 Å². The van der Waals surface area contributed by atoms with Crippen molar-refractivity contribution >= 4 is 33.9 Å². The molecule has 1 aliphatic heterocycles. The minimum Gasteiger partial charge on any atom is -0.494 e. The van der Waals surface area contributed by atoms with Gasteiger partial charge in [-0.05, 0) is 56.6 Å². The summed E-state index contributed by atoms with van der Waals surface area (Å²) in [6.07, 6.45) is 3.38. The Bertz CT molecular complexity index is 942. The van der Waals surface area contributed by atoms with Crippen LogP contribution in [-0.2, 0) is 11.2 Å². The Morgan fingerprint density at radius 1 is 1.38 bits per heavy atom. The van der Waals surface area contributed by atoms with E-state index in [1.165, 1.54) is 0 Å². The molecule has 0 bridgehead atoms. The summed E-state index contributed by atoms with van der Waals surface area (Å²) in [6.45, 7) is 3.68. The van der Waals surface area contributed by atoms with E-state index in [0.29, 0.717) is 12.6 Å². The Hall–Kier alpha value is -3.09. The predicted octanol–water partition coefficient (Wildman–Crippen LogP) is 0.944. The van der Waals surface area contributed by atoms with Crippen molar-refractivity contribution in [2.24, 2.45) is 10.9 Å². The number of anilines is 1. The first-order chi connectivity index (χ1) is 15.5. The number of benzene rings is 1. The van der Waals surface area contributed by atoms with E-state index in [9.17, 15) is 4.79 Å². The van der Waals surface area contributed by atoms with Crippen LogP contribution in [0, 0.1) is 5.41 Å². The number of amidine groups is 1. The summed E-state index contributed by atoms with van der Waals surface area (Å²) in [7, 11) is 0. The van der Waals surface area contributed by atoms with Crippen molar-refractivity contribution in [3.8, 4) is 5.75 Å². The number of carbonyl (C=O) groups is 1. The molecule has 0 spiro atoms. The third kappa shape index (κ3) is 7.25. The fraction of sp³-hybridized carbons (Fsp3) is 0.450. The second-order valence-corrected chi connectivity index (χ2v) is 8.30. The maximum absolute atomic E-state index is 12.3. The molecule has 1 aromatic carbocycles. The zero-order valence-corrected chi connectivity index (χ0v) is 18.5. The minimum atomic E-state index is -0.377. The fourth-order valence-electron chi connectivity index (χ4n) is 3.22. The highest BCUT2D eigenvalue weighted by Gasteiger charge is 2.15. The van der Waals surface area contributed by atoms with Crippen LogP contribution in [-0.4, -0.2) is 65.1 Å². The molecule has 0 radical (unpaired) electrons. The van der Waals surface area contributed by atoms with Crippen LogP contribution in [0.2, 0.25) is 0 Å². The van der Waals surface area contributed by atoms with Crippen molar-refractivity contribution < 1.29 is 14.7 Å². The maximum atomic E-state index is 12.3. The van der Waals surface area contributed by atoms with Crippen LogP contribution in [0.25, 0.3) is 0 Å². The number of nitrogens with one attached hydrogen (secondary N) is 4. The second-order valence-electron chi connectivity index (χ2n) is 7.33. The van der Waals surface area contributed by atoms with Gasteiger partial charge in [0.25, 0.3) is 0 Å². The van der Waals surface area contributed by atoms with Crippen LogP contribution >= 0.6 is 11.3 Å². The molecule has 2 heterocycles. The first kappa shape index (κ1) is 23.6. The quantitative estimate of drug-likeness (QED) is 0.0946. The maximum Gasteiger partial charge on any atom is 0.230 e. The van der Waals surface area contributed by atoms with Gasteiger partial charge in [-0.2, -0.15) is 0 Å². The van der Waals surface area contributed by atoms with Crippen molar-refractivity contribution in [2.45, 2.75) is 31.7 Å². The highest BCUT2D eigenvalue weighted by molar-refractivity contribution is 7.18. The Balaban J connectivity index is 1.41. The number of rotatable bonds is 11. The number of piperidine rings is 1. The second kappa shape index (κ2) is 12.1. The minimum absolute atomic E-state index is 0.139. The normalized spacial score (nSPS) is 14.8. The molecule has 1 saturated heterocycles. The summed E-state index contributed by atoms with van der Waals surface area (Å²) >= 11 is 0.968. The number of nitrogens with zero attached hydrogens (tertiary/aromatic N) is 3. The van der Waals surface area contributed by atoms with E-state index >= 15 is 0 Å². The van der Waals surface area contributed by atoms with E-state index in [0.717, 1.165) is 61.5 Å². The van der Waals surface area contributed by atoms with E-state index in [-0.39, 0.29) is 34.0 Å². The molecule has 0 atom stereocenters. The van der Waals surface area contributed by atoms with Gasteiger partial charge in [-0.3, -0.25) is 10.2 Å². The van der Waals surface area contributed by atoms with Gasteiger partial charge >= 0.3 is 0 Å². The van der Waals surface area contributed by atoms with E-state index in [1.54, 1.807) is 0 Å². The molecule has 0 unspecified atom stereocenters. The molecule has 7 N–H and O–H groups in total. The Kier molecular flexibility index (Phi) is 8.90. The van der Waals surface area contributed by atoms with Crippen molar-refractivity contribution in [3.63, 3.8) is 0 Å². The molecule has 172 valence electrons. The standard InChI is InChI=1S/C20H28N8O3S/c21-17(18(22)28-30)19-26-27-20(32-19)25-16(29)12-13-3-1-4-15(11-13)31-10-2-7-24-14-5-8-23-9-6-14/h1,3-4,11,14,21,23-24,30H,2,5-10,12H2,(H2,22,28)(H,25,27,29). The summed E-state index contributed by atoms with van der Waals surface area (Å²) in [5, 5.41) is 36.6. The van der Waals surface area contributed by atoms with Crippen molar-refractivity contribution in [2.75, 3.05) is 31.6 Å². The molecular formula is C20H28N8O3S. The number of hydrogen-bond acceptors (Lipinski definition) is 10. The van der Waals surface area contributed by atoms with E-state index < -0.39 is 0 Å². The number of hydrogen-bond donors (Lipinski definition) is 6. The van der Waals surface area contributed by atoms with Crippen molar-refractivity contribution in [1.29, 1.82) is 5.41 Å². The first-order valence-electron chi connectivity index (χ1n) is 10.4. The average molecular weight is 461 g/mol. The van der Waals surface area contributed by atoms with Gasteiger partial charge in [0.1, 0.15) is 11.5 Å². The number of carbonyl (C=O) groups excluding carboxylic acids is 1. The number of oxime groups is 1. The molecule has 3 rings (SSSR count). The highest BCUT2D eigenvalue weighted by Crippen LogP contribution is 2.18. The van der Waals surface area contributed by atoms with E-state index in [2.05, 4.69) is 31.3 Å². The third-order valence-corrected chi connectivity index (χ3v) is 5.73. The van der Waals surface area contributed by atoms with Crippen LogP contribution in [0.1, 0.15) is 29.8 Å². The van der Waals surface area contributed by atoms with Gasteiger partial charge in [0, 0.05) is 6.04 Å². The number of aromatic nitrogens is 2. The van der Waals surface area contributed by atoms with Crippen LogP contribution in [0.15, 0.2) is 29.4 Å². The Morgan fingerprint density at radius 3 is 2.97 bits per heavy atom. The molecule has 2 aromatic rings. The summed E-state index contributed by atoms with van der Waals surface area (Å²) in [6, 6.07) is 8.02. The van der Waals surface area contributed by atoms with E-state index in [4.69, 9.17) is 21.1 Å². The van der Waals surface area contributed by atoms with Crippen molar-refractivity contribution in [1.82, 2.24) is 20.8 Å². The third-order valence-electron chi connectivity index (χ3n) is 4.87. The van der Waals surface area contributed by atoms with Crippen molar-refractivity contribution in [3.05, 3.63) is 34.8 Å².